The first-order valence-corrected chi connectivity index (χ1v) is 3.66. The largest absolute Gasteiger partial charge is 0.380 e. The minimum absolute atomic E-state index is 0.181. The van der Waals surface area contributed by atoms with Gasteiger partial charge < -0.3 is 10.5 Å². The summed E-state index contributed by atoms with van der Waals surface area (Å²) in [5.41, 5.74) is 3.76. The molecule has 0 bridgehead atoms. The summed E-state index contributed by atoms with van der Waals surface area (Å²) in [5.74, 6) is -2.66. The maximum Gasteiger partial charge on any atom is 0.268 e. The molecule has 0 amide bonds. The molecule has 1 saturated carbocycles. The molecule has 0 spiro atoms. The number of halogens is 2. The summed E-state index contributed by atoms with van der Waals surface area (Å²) in [6.07, 6.45) is -0.181. The van der Waals surface area contributed by atoms with Crippen molar-refractivity contribution in [3.05, 3.63) is 0 Å². The lowest BCUT2D eigenvalue weighted by atomic mass is 9.78. The van der Waals surface area contributed by atoms with Gasteiger partial charge in [0, 0.05) is 11.8 Å². The standard InChI is InChI=1S/C7H11F2NO/c1-5(3-11-4-5)6(10)2-7(6,8)9/h2-4,10H2,1H3. The first-order chi connectivity index (χ1) is 4.91. The lowest BCUT2D eigenvalue weighted by Crippen LogP contribution is -2.58. The Labute approximate surface area is 63.7 Å². The number of rotatable bonds is 1. The molecular formula is C7H11F2NO. The molecule has 0 radical (unpaired) electrons. The van der Waals surface area contributed by atoms with Crippen molar-refractivity contribution < 1.29 is 13.5 Å². The van der Waals surface area contributed by atoms with E-state index < -0.39 is 16.9 Å². The number of alkyl halides is 2. The highest BCUT2D eigenvalue weighted by Gasteiger charge is 2.77. The number of hydrogen-bond acceptors (Lipinski definition) is 2. The molecule has 0 aromatic heterocycles. The van der Waals surface area contributed by atoms with Crippen LogP contribution in [0.3, 0.4) is 0 Å². The third-order valence-corrected chi connectivity index (χ3v) is 2.95. The van der Waals surface area contributed by atoms with E-state index in [4.69, 9.17) is 10.5 Å². The molecule has 2 rings (SSSR count). The van der Waals surface area contributed by atoms with Gasteiger partial charge in [0.05, 0.1) is 18.8 Å². The quantitative estimate of drug-likeness (QED) is 0.619. The summed E-state index contributed by atoms with van der Waals surface area (Å²) in [7, 11) is 0. The molecule has 2 nitrogen and oxygen atoms in total. The zero-order valence-electron chi connectivity index (χ0n) is 6.36. The Morgan fingerprint density at radius 2 is 1.82 bits per heavy atom. The highest BCUT2D eigenvalue weighted by Crippen LogP contribution is 2.61. The molecule has 1 saturated heterocycles. The van der Waals surface area contributed by atoms with Gasteiger partial charge in [-0.15, -0.1) is 0 Å². The van der Waals surface area contributed by atoms with E-state index >= 15 is 0 Å². The first kappa shape index (κ1) is 7.43. The minimum atomic E-state index is -2.66. The van der Waals surface area contributed by atoms with Crippen LogP contribution >= 0.6 is 0 Å². The van der Waals surface area contributed by atoms with Crippen molar-refractivity contribution >= 4 is 0 Å². The summed E-state index contributed by atoms with van der Waals surface area (Å²) in [6, 6.07) is 0. The van der Waals surface area contributed by atoms with Crippen LogP contribution in [0.1, 0.15) is 13.3 Å². The molecule has 1 aliphatic carbocycles. The SMILES string of the molecule is CC1(C2(N)CC2(F)F)COC1. The number of ether oxygens (including phenoxy) is 1. The van der Waals surface area contributed by atoms with E-state index in [1.807, 2.05) is 0 Å². The van der Waals surface area contributed by atoms with Gasteiger partial charge in [0.25, 0.3) is 5.92 Å². The van der Waals surface area contributed by atoms with Gasteiger partial charge in [-0.2, -0.15) is 0 Å². The molecule has 1 heterocycles. The van der Waals surface area contributed by atoms with Crippen LogP contribution in [-0.2, 0) is 4.74 Å². The molecule has 1 atom stereocenters. The molecule has 2 N–H and O–H groups in total. The van der Waals surface area contributed by atoms with Gasteiger partial charge in [-0.1, -0.05) is 6.92 Å². The Kier molecular flexibility index (Phi) is 1.07. The van der Waals surface area contributed by atoms with Crippen molar-refractivity contribution in [3.63, 3.8) is 0 Å². The van der Waals surface area contributed by atoms with E-state index in [1.165, 1.54) is 0 Å². The van der Waals surface area contributed by atoms with Gasteiger partial charge in [0.15, 0.2) is 0 Å². The molecule has 11 heavy (non-hydrogen) atoms. The van der Waals surface area contributed by atoms with Gasteiger partial charge in [-0.25, -0.2) is 8.78 Å². The predicted octanol–water partition coefficient (Wildman–Crippen LogP) is 0.759. The van der Waals surface area contributed by atoms with E-state index in [9.17, 15) is 8.78 Å². The maximum absolute atomic E-state index is 12.7. The summed E-state index contributed by atoms with van der Waals surface area (Å²) in [4.78, 5) is 0. The number of nitrogens with two attached hydrogens (primary N) is 1. The monoisotopic (exact) mass is 163 g/mol. The number of hydrogen-bond donors (Lipinski definition) is 1. The highest BCUT2D eigenvalue weighted by atomic mass is 19.3. The van der Waals surface area contributed by atoms with Gasteiger partial charge in [-0.05, 0) is 0 Å². The molecule has 1 aliphatic heterocycles. The fraction of sp³-hybridized carbons (Fsp3) is 1.00. The van der Waals surface area contributed by atoms with E-state index in [0.717, 1.165) is 0 Å². The van der Waals surface area contributed by atoms with Crippen molar-refractivity contribution in [2.45, 2.75) is 24.8 Å². The highest BCUT2D eigenvalue weighted by molar-refractivity contribution is 5.25. The normalized spacial score (nSPS) is 44.7. The van der Waals surface area contributed by atoms with Gasteiger partial charge in [0.2, 0.25) is 0 Å². The van der Waals surface area contributed by atoms with E-state index in [-0.39, 0.29) is 6.42 Å². The van der Waals surface area contributed by atoms with E-state index in [0.29, 0.717) is 13.2 Å². The topological polar surface area (TPSA) is 35.2 Å². The van der Waals surface area contributed by atoms with Crippen LogP contribution in [0.15, 0.2) is 0 Å². The van der Waals surface area contributed by atoms with Crippen molar-refractivity contribution in [2.75, 3.05) is 13.2 Å². The van der Waals surface area contributed by atoms with Crippen LogP contribution in [0.25, 0.3) is 0 Å². The van der Waals surface area contributed by atoms with Gasteiger partial charge >= 0.3 is 0 Å². The first-order valence-electron chi connectivity index (χ1n) is 3.66. The summed E-state index contributed by atoms with van der Waals surface area (Å²) in [6.45, 7) is 2.51. The molecule has 0 aromatic rings. The summed E-state index contributed by atoms with van der Waals surface area (Å²) < 4.78 is 30.3. The van der Waals surface area contributed by atoms with Crippen molar-refractivity contribution in [3.8, 4) is 0 Å². The average Bonchev–Trinajstić information content (AvgIpc) is 2.28. The maximum atomic E-state index is 12.7. The zero-order chi connectivity index (χ0) is 8.33. The Morgan fingerprint density at radius 1 is 1.36 bits per heavy atom. The Balaban J connectivity index is 2.18. The molecule has 0 aromatic carbocycles. The summed E-state index contributed by atoms with van der Waals surface area (Å²) >= 11 is 0. The van der Waals surface area contributed by atoms with Gasteiger partial charge in [0.1, 0.15) is 0 Å². The van der Waals surface area contributed by atoms with Crippen LogP contribution in [0, 0.1) is 5.41 Å². The van der Waals surface area contributed by atoms with Crippen LogP contribution in [-0.4, -0.2) is 24.7 Å². The molecular weight excluding hydrogens is 152 g/mol. The molecule has 2 aliphatic rings. The van der Waals surface area contributed by atoms with Crippen LogP contribution < -0.4 is 5.73 Å². The third kappa shape index (κ3) is 0.667. The molecule has 2 fully saturated rings. The third-order valence-electron chi connectivity index (χ3n) is 2.95. The molecule has 1 unspecified atom stereocenters. The fourth-order valence-electron chi connectivity index (χ4n) is 1.63. The second kappa shape index (κ2) is 1.59. The second-order valence-electron chi connectivity index (χ2n) is 3.91. The minimum Gasteiger partial charge on any atom is -0.380 e. The lowest BCUT2D eigenvalue weighted by Gasteiger charge is -2.43. The Bertz CT molecular complexity index is 203. The van der Waals surface area contributed by atoms with Gasteiger partial charge in [-0.3, -0.25) is 0 Å². The fourth-order valence-corrected chi connectivity index (χ4v) is 1.63. The smallest absolute Gasteiger partial charge is 0.268 e. The lowest BCUT2D eigenvalue weighted by molar-refractivity contribution is -0.139. The zero-order valence-corrected chi connectivity index (χ0v) is 6.36. The second-order valence-corrected chi connectivity index (χ2v) is 3.91. The van der Waals surface area contributed by atoms with E-state index in [1.54, 1.807) is 6.92 Å². The van der Waals surface area contributed by atoms with Crippen LogP contribution in [0.2, 0.25) is 0 Å². The van der Waals surface area contributed by atoms with Crippen LogP contribution in [0.4, 0.5) is 8.78 Å². The van der Waals surface area contributed by atoms with E-state index in [2.05, 4.69) is 0 Å². The molecule has 4 heteroatoms. The Morgan fingerprint density at radius 3 is 1.91 bits per heavy atom. The summed E-state index contributed by atoms with van der Waals surface area (Å²) in [5, 5.41) is 0. The van der Waals surface area contributed by atoms with Crippen LogP contribution in [0.5, 0.6) is 0 Å². The van der Waals surface area contributed by atoms with Crippen molar-refractivity contribution in [1.82, 2.24) is 0 Å². The van der Waals surface area contributed by atoms with Crippen molar-refractivity contribution in [2.24, 2.45) is 11.1 Å². The molecule has 64 valence electrons. The predicted molar refractivity (Wildman–Crippen MR) is 35.4 cm³/mol. The van der Waals surface area contributed by atoms with Crippen molar-refractivity contribution in [1.29, 1.82) is 0 Å². The average molecular weight is 163 g/mol. The Hall–Kier alpha value is -0.220.